The Bertz CT molecular complexity index is 1060. The van der Waals surface area contributed by atoms with Gasteiger partial charge in [-0.25, -0.2) is 13.1 Å². The molecule has 3 heterocycles. The summed E-state index contributed by atoms with van der Waals surface area (Å²) in [6, 6.07) is 9.39. The number of nitrogens with one attached hydrogen (secondary N) is 3. The van der Waals surface area contributed by atoms with E-state index in [-0.39, 0.29) is 16.8 Å². The van der Waals surface area contributed by atoms with E-state index >= 15 is 0 Å². The molecule has 2 aromatic rings. The van der Waals surface area contributed by atoms with Gasteiger partial charge in [0.05, 0.1) is 9.77 Å². The van der Waals surface area contributed by atoms with Crippen LogP contribution < -0.4 is 15.4 Å². The number of benzene rings is 1. The molecule has 2 aliphatic rings. The zero-order valence-corrected chi connectivity index (χ0v) is 19.4. The molecule has 3 N–H and O–H groups in total. The molecular formula is C22H28N4O3S2. The second-order valence-corrected chi connectivity index (χ2v) is 11.1. The summed E-state index contributed by atoms with van der Waals surface area (Å²) in [5, 5.41) is 6.42. The monoisotopic (exact) mass is 460 g/mol. The van der Waals surface area contributed by atoms with Crippen molar-refractivity contribution in [2.24, 2.45) is 4.99 Å². The molecule has 31 heavy (non-hydrogen) atoms. The summed E-state index contributed by atoms with van der Waals surface area (Å²) in [5.41, 5.74) is 1.86. The minimum atomic E-state index is -3.55. The van der Waals surface area contributed by atoms with Gasteiger partial charge < -0.3 is 10.6 Å². The SMILES string of the molecule is CN=Cc1sc(C(=O)NCc2ccc(S(=O)(=O)NC3CC4CCC(C3)N4)cc2)cc1C. The number of aliphatic imine (C=N–C) groups is 1. The number of hydrogen-bond donors (Lipinski definition) is 3. The molecule has 2 bridgehead atoms. The van der Waals surface area contributed by atoms with E-state index in [0.717, 1.165) is 41.7 Å². The fraction of sp³-hybridized carbons (Fsp3) is 0.455. The third-order valence-electron chi connectivity index (χ3n) is 5.91. The van der Waals surface area contributed by atoms with Crippen LogP contribution in [-0.4, -0.2) is 45.7 Å². The molecule has 0 spiro atoms. The van der Waals surface area contributed by atoms with E-state index in [2.05, 4.69) is 20.3 Å². The quantitative estimate of drug-likeness (QED) is 0.553. The number of amides is 1. The number of thiophene rings is 1. The predicted molar refractivity (Wildman–Crippen MR) is 123 cm³/mol. The Morgan fingerprint density at radius 2 is 1.90 bits per heavy atom. The van der Waals surface area contributed by atoms with Crippen molar-refractivity contribution in [2.75, 3.05) is 7.05 Å². The van der Waals surface area contributed by atoms with Crippen LogP contribution in [0.15, 0.2) is 40.2 Å². The van der Waals surface area contributed by atoms with E-state index in [1.54, 1.807) is 37.5 Å². The minimum Gasteiger partial charge on any atom is -0.347 e. The van der Waals surface area contributed by atoms with Gasteiger partial charge in [0.1, 0.15) is 0 Å². The van der Waals surface area contributed by atoms with Crippen LogP contribution in [0.4, 0.5) is 0 Å². The first kappa shape index (κ1) is 22.1. The molecule has 2 atom stereocenters. The molecule has 166 valence electrons. The average Bonchev–Trinajstić information content (AvgIpc) is 3.28. The number of fused-ring (bicyclic) bond motifs is 2. The van der Waals surface area contributed by atoms with Gasteiger partial charge in [0.25, 0.3) is 5.91 Å². The van der Waals surface area contributed by atoms with E-state index in [1.165, 1.54) is 11.3 Å². The number of carbonyl (C=O) groups is 1. The highest BCUT2D eigenvalue weighted by atomic mass is 32.2. The Labute approximate surface area is 187 Å². The predicted octanol–water partition coefficient (Wildman–Crippen LogP) is 2.60. The highest BCUT2D eigenvalue weighted by Crippen LogP contribution is 2.28. The average molecular weight is 461 g/mol. The van der Waals surface area contributed by atoms with Crippen LogP contribution in [0, 0.1) is 6.92 Å². The number of rotatable bonds is 7. The van der Waals surface area contributed by atoms with E-state index < -0.39 is 10.0 Å². The molecule has 2 unspecified atom stereocenters. The number of aryl methyl sites for hydroxylation is 1. The number of nitrogens with zero attached hydrogens (tertiary/aromatic N) is 1. The zero-order valence-electron chi connectivity index (χ0n) is 17.7. The van der Waals surface area contributed by atoms with Crippen molar-refractivity contribution in [2.45, 2.75) is 62.2 Å². The molecule has 2 aliphatic heterocycles. The number of sulfonamides is 1. The van der Waals surface area contributed by atoms with Crippen molar-refractivity contribution in [3.05, 3.63) is 51.2 Å². The molecular weight excluding hydrogens is 432 g/mol. The summed E-state index contributed by atoms with van der Waals surface area (Å²) in [5.74, 6) is -0.150. The Balaban J connectivity index is 1.34. The standard InChI is InChI=1S/C22H28N4O3S2/c1-14-9-20(30-21(14)13-23-2)22(27)24-12-15-3-7-19(8-4-15)31(28,29)26-18-10-16-5-6-17(11-18)25-16/h3-4,7-9,13,16-18,25-26H,5-6,10-12H2,1-2H3,(H,24,27). The number of hydrogen-bond acceptors (Lipinski definition) is 6. The number of piperidine rings is 1. The summed E-state index contributed by atoms with van der Waals surface area (Å²) in [7, 11) is -1.85. The van der Waals surface area contributed by atoms with Gasteiger partial charge in [-0.3, -0.25) is 9.79 Å². The van der Waals surface area contributed by atoms with Gasteiger partial charge in [-0.05, 0) is 61.9 Å². The lowest BCUT2D eigenvalue weighted by molar-refractivity contribution is 0.0955. The van der Waals surface area contributed by atoms with E-state index in [1.807, 2.05) is 13.0 Å². The van der Waals surface area contributed by atoms with Crippen LogP contribution in [0.25, 0.3) is 0 Å². The Kier molecular flexibility index (Phi) is 6.57. The molecule has 2 saturated heterocycles. The Morgan fingerprint density at radius 1 is 1.23 bits per heavy atom. The summed E-state index contributed by atoms with van der Waals surface area (Å²) < 4.78 is 28.4. The number of carbonyl (C=O) groups excluding carboxylic acids is 1. The summed E-state index contributed by atoms with van der Waals surface area (Å²) in [6.07, 6.45) is 5.68. The fourth-order valence-corrected chi connectivity index (χ4v) is 6.63. The molecule has 1 aromatic heterocycles. The van der Waals surface area contributed by atoms with Gasteiger partial charge in [-0.1, -0.05) is 12.1 Å². The normalized spacial score (nSPS) is 23.4. The Hall–Kier alpha value is -2.07. The maximum atomic E-state index is 12.8. The fourth-order valence-electron chi connectivity index (χ4n) is 4.35. The summed E-state index contributed by atoms with van der Waals surface area (Å²) in [4.78, 5) is 18.3. The van der Waals surface area contributed by atoms with Crippen molar-refractivity contribution >= 4 is 33.5 Å². The molecule has 0 radical (unpaired) electrons. The molecule has 1 aromatic carbocycles. The van der Waals surface area contributed by atoms with Crippen LogP contribution in [0.3, 0.4) is 0 Å². The van der Waals surface area contributed by atoms with Gasteiger partial charge in [0.15, 0.2) is 0 Å². The van der Waals surface area contributed by atoms with Gasteiger partial charge in [0.2, 0.25) is 10.0 Å². The topological polar surface area (TPSA) is 99.7 Å². The third-order valence-corrected chi connectivity index (χ3v) is 8.61. The van der Waals surface area contributed by atoms with E-state index in [9.17, 15) is 13.2 Å². The summed E-state index contributed by atoms with van der Waals surface area (Å²) >= 11 is 1.40. The molecule has 0 saturated carbocycles. The second kappa shape index (κ2) is 9.20. The van der Waals surface area contributed by atoms with Crippen molar-refractivity contribution < 1.29 is 13.2 Å². The maximum absolute atomic E-state index is 12.8. The molecule has 9 heteroatoms. The summed E-state index contributed by atoms with van der Waals surface area (Å²) in [6.45, 7) is 2.28. The van der Waals surface area contributed by atoms with Crippen LogP contribution in [0.5, 0.6) is 0 Å². The Morgan fingerprint density at radius 3 is 2.55 bits per heavy atom. The lowest BCUT2D eigenvalue weighted by Gasteiger charge is -2.29. The lowest BCUT2D eigenvalue weighted by Crippen LogP contribution is -2.47. The smallest absolute Gasteiger partial charge is 0.261 e. The van der Waals surface area contributed by atoms with Crippen molar-refractivity contribution in [1.82, 2.24) is 15.4 Å². The van der Waals surface area contributed by atoms with Crippen molar-refractivity contribution in [3.8, 4) is 0 Å². The minimum absolute atomic E-state index is 0.0142. The van der Waals surface area contributed by atoms with Gasteiger partial charge in [-0.2, -0.15) is 0 Å². The van der Waals surface area contributed by atoms with Crippen LogP contribution in [0.1, 0.15) is 51.4 Å². The molecule has 1 amide bonds. The first-order chi connectivity index (χ1) is 14.8. The molecule has 2 fully saturated rings. The van der Waals surface area contributed by atoms with Crippen molar-refractivity contribution in [3.63, 3.8) is 0 Å². The molecule has 0 aliphatic carbocycles. The van der Waals surface area contributed by atoms with Gasteiger partial charge >= 0.3 is 0 Å². The second-order valence-electron chi connectivity index (χ2n) is 8.30. The lowest BCUT2D eigenvalue weighted by atomic mass is 10.0. The first-order valence-corrected chi connectivity index (χ1v) is 12.8. The highest BCUT2D eigenvalue weighted by molar-refractivity contribution is 7.89. The largest absolute Gasteiger partial charge is 0.347 e. The molecule has 7 nitrogen and oxygen atoms in total. The van der Waals surface area contributed by atoms with Crippen LogP contribution >= 0.6 is 11.3 Å². The van der Waals surface area contributed by atoms with Crippen molar-refractivity contribution in [1.29, 1.82) is 0 Å². The maximum Gasteiger partial charge on any atom is 0.261 e. The van der Waals surface area contributed by atoms with Gasteiger partial charge in [-0.15, -0.1) is 11.3 Å². The van der Waals surface area contributed by atoms with E-state index in [4.69, 9.17) is 0 Å². The third kappa shape index (κ3) is 5.23. The molecule has 4 rings (SSSR count). The zero-order chi connectivity index (χ0) is 22.0. The van der Waals surface area contributed by atoms with Gasteiger partial charge in [0, 0.05) is 42.8 Å². The highest BCUT2D eigenvalue weighted by Gasteiger charge is 2.35. The van der Waals surface area contributed by atoms with Crippen LogP contribution in [0.2, 0.25) is 0 Å². The first-order valence-electron chi connectivity index (χ1n) is 10.5. The van der Waals surface area contributed by atoms with E-state index in [0.29, 0.717) is 23.5 Å². The van der Waals surface area contributed by atoms with Crippen LogP contribution in [-0.2, 0) is 16.6 Å².